The van der Waals surface area contributed by atoms with Gasteiger partial charge in [-0.3, -0.25) is 4.79 Å². The summed E-state index contributed by atoms with van der Waals surface area (Å²) >= 11 is 0. The number of nitrogens with one attached hydrogen (secondary N) is 2. The Hall–Kier alpha value is -3.26. The molecule has 3 heterocycles. The number of carbonyl (C=O) groups is 1. The lowest BCUT2D eigenvalue weighted by molar-refractivity contribution is 0.0414. The van der Waals surface area contributed by atoms with Crippen LogP contribution in [0.15, 0.2) is 42.6 Å². The van der Waals surface area contributed by atoms with Crippen molar-refractivity contribution in [1.82, 2.24) is 14.9 Å². The number of piperazine rings is 1. The summed E-state index contributed by atoms with van der Waals surface area (Å²) in [6, 6.07) is 11.8. The van der Waals surface area contributed by atoms with E-state index in [1.165, 1.54) is 0 Å². The molecular weight excluding hydrogens is 466 g/mol. The molecule has 202 valence electrons. The Bertz CT molecular complexity index is 1160. The molecule has 0 aliphatic carbocycles. The maximum atomic E-state index is 13.2. The summed E-state index contributed by atoms with van der Waals surface area (Å²) in [5, 5.41) is 13.8. The number of amides is 1. The number of anilines is 2. The van der Waals surface area contributed by atoms with Gasteiger partial charge in [-0.05, 0) is 70.0 Å². The van der Waals surface area contributed by atoms with Gasteiger partial charge in [0.25, 0.3) is 5.91 Å². The van der Waals surface area contributed by atoms with E-state index in [9.17, 15) is 9.90 Å². The zero-order valence-electron chi connectivity index (χ0n) is 23.3. The highest BCUT2D eigenvalue weighted by Gasteiger charge is 2.25. The first-order valence-electron chi connectivity index (χ1n) is 13.2. The van der Waals surface area contributed by atoms with Crippen molar-refractivity contribution in [2.24, 2.45) is 5.92 Å². The number of fused-ring (bicyclic) bond motifs is 1. The fourth-order valence-corrected chi connectivity index (χ4v) is 4.01. The number of H-pyrrole nitrogens is 1. The molecule has 1 saturated heterocycles. The highest BCUT2D eigenvalue weighted by atomic mass is 16.5. The van der Waals surface area contributed by atoms with Crippen LogP contribution in [-0.4, -0.2) is 70.3 Å². The Morgan fingerprint density at radius 3 is 2.41 bits per heavy atom. The van der Waals surface area contributed by atoms with E-state index in [1.54, 1.807) is 0 Å². The van der Waals surface area contributed by atoms with Gasteiger partial charge in [-0.2, -0.15) is 0 Å². The first-order valence-corrected chi connectivity index (χ1v) is 13.2. The molecule has 37 heavy (non-hydrogen) atoms. The van der Waals surface area contributed by atoms with Gasteiger partial charge in [0.2, 0.25) is 0 Å². The molecule has 1 aliphatic rings. The number of aliphatic hydroxyl groups excluding tert-OH is 1. The maximum absolute atomic E-state index is 13.2. The smallest absolute Gasteiger partial charge is 0.270 e. The van der Waals surface area contributed by atoms with E-state index in [-0.39, 0.29) is 12.5 Å². The molecule has 8 nitrogen and oxygen atoms in total. The molecule has 3 N–H and O–H groups in total. The van der Waals surface area contributed by atoms with Gasteiger partial charge in [-0.25, -0.2) is 4.98 Å². The van der Waals surface area contributed by atoms with E-state index >= 15 is 0 Å². The minimum Gasteiger partial charge on any atom is -0.485 e. The number of hydrogen-bond donors (Lipinski definition) is 3. The van der Waals surface area contributed by atoms with Crippen LogP contribution in [0.4, 0.5) is 11.5 Å². The predicted molar refractivity (Wildman–Crippen MR) is 152 cm³/mol. The number of nitrogens with zero attached hydrogens (tertiary/aromatic N) is 3. The molecular formula is C29H43N5O3. The van der Waals surface area contributed by atoms with E-state index in [4.69, 9.17) is 4.74 Å². The van der Waals surface area contributed by atoms with Gasteiger partial charge in [0.05, 0.1) is 12.3 Å². The Kier molecular flexibility index (Phi) is 9.43. The second-order valence-corrected chi connectivity index (χ2v) is 11.1. The topological polar surface area (TPSA) is 93.7 Å². The molecule has 2 aromatic heterocycles. The molecule has 0 saturated carbocycles. The van der Waals surface area contributed by atoms with Crippen molar-refractivity contribution in [3.05, 3.63) is 48.3 Å². The molecule has 1 amide bonds. The third-order valence-electron chi connectivity index (χ3n) is 5.69. The van der Waals surface area contributed by atoms with Gasteiger partial charge in [0, 0.05) is 49.3 Å². The standard InChI is InChI=1S/C25H33N5O3.C4H10/c1-17(2)27-21-6-5-9-26-23(21)29-10-12-30(13-11-29)24(32)22-15-18-14-19(7-8-20(18)28-22)33-25(3,4)16-31;1-4(2)3/h5-9,14-15,17,27-28,31H,10-13,16H2,1-4H3;4H,1-3H3. The van der Waals surface area contributed by atoms with Gasteiger partial charge in [0.1, 0.15) is 17.0 Å². The molecule has 0 spiro atoms. The fraction of sp³-hybridized carbons (Fsp3) is 0.517. The number of rotatable bonds is 7. The summed E-state index contributed by atoms with van der Waals surface area (Å²) in [6.45, 7) is 17.0. The van der Waals surface area contributed by atoms with Crippen molar-refractivity contribution in [3.8, 4) is 5.75 Å². The molecule has 1 fully saturated rings. The summed E-state index contributed by atoms with van der Waals surface area (Å²) in [6.07, 6.45) is 1.81. The van der Waals surface area contributed by atoms with E-state index in [0.717, 1.165) is 41.4 Å². The predicted octanol–water partition coefficient (Wildman–Crippen LogP) is 5.16. The summed E-state index contributed by atoms with van der Waals surface area (Å²) in [4.78, 5) is 25.1. The molecule has 0 unspecified atom stereocenters. The van der Waals surface area contributed by atoms with Gasteiger partial charge >= 0.3 is 0 Å². The van der Waals surface area contributed by atoms with E-state index in [2.05, 4.69) is 54.8 Å². The summed E-state index contributed by atoms with van der Waals surface area (Å²) in [5.41, 5.74) is 1.80. The summed E-state index contributed by atoms with van der Waals surface area (Å²) in [5.74, 6) is 2.42. The Morgan fingerprint density at radius 1 is 1.11 bits per heavy atom. The zero-order chi connectivity index (χ0) is 27.2. The Labute approximate surface area is 221 Å². The van der Waals surface area contributed by atoms with Gasteiger partial charge in [-0.1, -0.05) is 20.8 Å². The number of pyridine rings is 1. The first kappa shape index (κ1) is 28.3. The number of hydrogen-bond acceptors (Lipinski definition) is 6. The average Bonchev–Trinajstić information content (AvgIpc) is 3.26. The van der Waals surface area contributed by atoms with Crippen molar-refractivity contribution in [2.45, 2.75) is 60.1 Å². The molecule has 3 aromatic rings. The van der Waals surface area contributed by atoms with Gasteiger partial charge in [0.15, 0.2) is 5.82 Å². The number of benzene rings is 1. The fourth-order valence-electron chi connectivity index (χ4n) is 4.01. The minimum absolute atomic E-state index is 0.00874. The third kappa shape index (κ3) is 7.86. The van der Waals surface area contributed by atoms with Gasteiger partial charge < -0.3 is 29.9 Å². The van der Waals surface area contributed by atoms with Crippen LogP contribution in [0.25, 0.3) is 10.9 Å². The quantitative estimate of drug-likeness (QED) is 0.407. The second kappa shape index (κ2) is 12.3. The molecule has 0 radical (unpaired) electrons. The van der Waals surface area contributed by atoms with Crippen molar-refractivity contribution < 1.29 is 14.6 Å². The minimum atomic E-state index is -0.666. The van der Waals surface area contributed by atoms with Crippen LogP contribution in [0.1, 0.15) is 59.0 Å². The lowest BCUT2D eigenvalue weighted by Crippen LogP contribution is -2.49. The van der Waals surface area contributed by atoms with Crippen molar-refractivity contribution in [2.75, 3.05) is 43.0 Å². The normalized spacial score (nSPS) is 14.1. The van der Waals surface area contributed by atoms with Crippen LogP contribution in [0.2, 0.25) is 0 Å². The van der Waals surface area contributed by atoms with Crippen LogP contribution in [0.3, 0.4) is 0 Å². The average molecular weight is 510 g/mol. The van der Waals surface area contributed by atoms with Gasteiger partial charge in [-0.15, -0.1) is 0 Å². The molecule has 1 aliphatic heterocycles. The van der Waals surface area contributed by atoms with E-state index in [1.807, 2.05) is 61.3 Å². The number of ether oxygens (including phenoxy) is 1. The number of aliphatic hydroxyl groups is 1. The monoisotopic (exact) mass is 509 g/mol. The zero-order valence-corrected chi connectivity index (χ0v) is 23.3. The number of aromatic amines is 1. The highest BCUT2D eigenvalue weighted by molar-refractivity contribution is 5.98. The first-order chi connectivity index (χ1) is 17.5. The SMILES string of the molecule is CC(C)C.CC(C)Nc1cccnc1N1CCN(C(=O)c2cc3cc(OC(C)(C)CO)ccc3[nH]2)CC1. The third-order valence-corrected chi connectivity index (χ3v) is 5.69. The maximum Gasteiger partial charge on any atom is 0.270 e. The lowest BCUT2D eigenvalue weighted by Gasteiger charge is -2.36. The summed E-state index contributed by atoms with van der Waals surface area (Å²) < 4.78 is 5.86. The van der Waals surface area contributed by atoms with Crippen molar-refractivity contribution in [3.63, 3.8) is 0 Å². The molecule has 0 bridgehead atoms. The molecule has 1 aromatic carbocycles. The molecule has 4 rings (SSSR count). The van der Waals surface area contributed by atoms with Crippen molar-refractivity contribution >= 4 is 28.3 Å². The number of carbonyl (C=O) groups excluding carboxylic acids is 1. The van der Waals surface area contributed by atoms with E-state index in [0.29, 0.717) is 30.6 Å². The largest absolute Gasteiger partial charge is 0.485 e. The van der Waals surface area contributed by atoms with Crippen LogP contribution in [-0.2, 0) is 0 Å². The van der Waals surface area contributed by atoms with Crippen LogP contribution in [0, 0.1) is 5.92 Å². The summed E-state index contributed by atoms with van der Waals surface area (Å²) in [7, 11) is 0. The van der Waals surface area contributed by atoms with Crippen LogP contribution >= 0.6 is 0 Å². The van der Waals surface area contributed by atoms with Crippen molar-refractivity contribution in [1.29, 1.82) is 0 Å². The molecule has 8 heteroatoms. The van der Waals surface area contributed by atoms with Crippen LogP contribution < -0.4 is 15.0 Å². The Morgan fingerprint density at radius 2 is 1.78 bits per heavy atom. The van der Waals surface area contributed by atoms with E-state index < -0.39 is 5.60 Å². The van der Waals surface area contributed by atoms with Crippen LogP contribution in [0.5, 0.6) is 5.75 Å². The Balaban J connectivity index is 0.000000886. The lowest BCUT2D eigenvalue weighted by atomic mass is 10.1. The number of aromatic nitrogens is 2. The highest BCUT2D eigenvalue weighted by Crippen LogP contribution is 2.27. The molecule has 0 atom stereocenters. The second-order valence-electron chi connectivity index (χ2n) is 11.1.